The van der Waals surface area contributed by atoms with E-state index in [0.717, 1.165) is 0 Å². The third-order valence-electron chi connectivity index (χ3n) is 4.50. The van der Waals surface area contributed by atoms with E-state index in [1.807, 2.05) is 153 Å². The Hall–Kier alpha value is -2.00. The van der Waals surface area contributed by atoms with E-state index >= 15 is 0 Å². The van der Waals surface area contributed by atoms with Gasteiger partial charge in [-0.3, -0.25) is 0 Å². The van der Waals surface area contributed by atoms with E-state index in [1.54, 1.807) is 0 Å². The summed E-state index contributed by atoms with van der Waals surface area (Å²) in [6.45, 7) is 17.4. The van der Waals surface area contributed by atoms with Gasteiger partial charge in [-0.15, -0.1) is 0 Å². The van der Waals surface area contributed by atoms with Crippen molar-refractivity contribution in [3.63, 3.8) is 0 Å². The first-order valence-electron chi connectivity index (χ1n) is 13.1. The van der Waals surface area contributed by atoms with Crippen molar-refractivity contribution >= 4 is 9.05 Å². The number of hydrogen-bond acceptors (Lipinski definition) is 7. The molecule has 0 heterocycles. The van der Waals surface area contributed by atoms with Crippen molar-refractivity contribution in [3.8, 4) is 17.2 Å². The van der Waals surface area contributed by atoms with Gasteiger partial charge in [0.05, 0.1) is 0 Å². The number of hydrogen-bond donors (Lipinski definition) is 0. The van der Waals surface area contributed by atoms with Gasteiger partial charge in [0.2, 0.25) is 0 Å². The Balaban J connectivity index is 2.25. The molecule has 0 aromatic heterocycles. The molecule has 0 amide bonds. The molecule has 39 heavy (non-hydrogen) atoms. The summed E-state index contributed by atoms with van der Waals surface area (Å²) in [6.07, 6.45) is 0. The Morgan fingerprint density at radius 1 is 0.436 bits per heavy atom. The Labute approximate surface area is 241 Å². The average molecular weight is 634 g/mol. The van der Waals surface area contributed by atoms with Gasteiger partial charge in [-0.25, -0.2) is 0 Å². The predicted molar refractivity (Wildman–Crippen MR) is 151 cm³/mol. The third-order valence-corrected chi connectivity index (χ3v) is 14.9. The molecule has 3 rings (SSSR count). The van der Waals surface area contributed by atoms with Gasteiger partial charge in [-0.2, -0.15) is 0 Å². The minimum atomic E-state index is -5.32. The summed E-state index contributed by atoms with van der Waals surface area (Å²) < 4.78 is 46.8. The summed E-state index contributed by atoms with van der Waals surface area (Å²) in [4.78, 5) is 0. The van der Waals surface area contributed by atoms with Gasteiger partial charge in [-0.1, -0.05) is 0 Å². The Kier molecular flexibility index (Phi) is 10.2. The molecule has 0 bridgehead atoms. The molecule has 7 nitrogen and oxygen atoms in total. The van der Waals surface area contributed by atoms with Crippen LogP contribution in [0.25, 0.3) is 0 Å². The van der Waals surface area contributed by atoms with Gasteiger partial charge in [-0.05, 0) is 0 Å². The van der Waals surface area contributed by atoms with Crippen molar-refractivity contribution in [3.05, 3.63) is 91.0 Å². The quantitative estimate of drug-likeness (QED) is 0.199. The molecule has 9 heteroatoms. The van der Waals surface area contributed by atoms with Crippen LogP contribution in [0.3, 0.4) is 0 Å². The van der Waals surface area contributed by atoms with Gasteiger partial charge in [0.15, 0.2) is 0 Å². The second-order valence-corrected chi connectivity index (χ2v) is 19.3. The van der Waals surface area contributed by atoms with Crippen molar-refractivity contribution in [2.75, 3.05) is 0 Å². The fraction of sp³-hybridized carbons (Fsp3) is 0.400. The van der Waals surface area contributed by atoms with E-state index in [2.05, 4.69) is 0 Å². The van der Waals surface area contributed by atoms with Gasteiger partial charge in [0.25, 0.3) is 0 Å². The molecular weight excluding hydrogens is 592 g/mol. The number of para-hydroxylation sites is 3. The van der Waals surface area contributed by atoms with Crippen molar-refractivity contribution in [1.29, 1.82) is 0 Å². The summed E-state index contributed by atoms with van der Waals surface area (Å²) in [6, 6.07) is 28.0. The van der Waals surface area contributed by atoms with Crippen LogP contribution in [0, 0.1) is 0 Å². The Morgan fingerprint density at radius 3 is 0.923 bits per heavy atom. The van der Waals surface area contributed by atoms with Crippen molar-refractivity contribution in [2.24, 2.45) is 0 Å². The monoisotopic (exact) mass is 632 g/mol. The fourth-order valence-electron chi connectivity index (χ4n) is 3.43. The molecule has 3 aromatic rings. The van der Waals surface area contributed by atoms with Gasteiger partial charge >= 0.3 is 243 Å². The zero-order valence-electron chi connectivity index (χ0n) is 24.5. The first-order valence-corrected chi connectivity index (χ1v) is 18.7. The number of rotatable bonds is 11. The molecule has 0 aliphatic carbocycles. The fourth-order valence-corrected chi connectivity index (χ4v) is 13.9. The summed E-state index contributed by atoms with van der Waals surface area (Å²) in [5, 5.41) is 0. The normalized spacial score (nSPS) is 13.2. The zero-order valence-corrected chi connectivity index (χ0v) is 28.0. The van der Waals surface area contributed by atoms with Crippen molar-refractivity contribution in [1.82, 2.24) is 0 Å². The maximum absolute atomic E-state index is 6.98. The summed E-state index contributed by atoms with van der Waals surface area (Å²) in [7, 11) is -4.08. The summed E-state index contributed by atoms with van der Waals surface area (Å²) in [5.41, 5.74) is -2.06. The van der Waals surface area contributed by atoms with Gasteiger partial charge in [0, 0.05) is 0 Å². The standard InChI is InChI=1S/C12H27O4Si.3C6H6O.Zr/c1-10(2,3)14-17(13,15-11(4,5)6)16-12(7,8)9;3*7-6-4-2-1-3-5-6;/h1-9H3;3*1-5,7H;/q-1;;;;+4/p-3. The minimum absolute atomic E-state index is 0.533. The molecular formula is C30H42O7SiZr. The number of benzene rings is 3. The molecule has 0 saturated carbocycles. The maximum atomic E-state index is 6.98. The van der Waals surface area contributed by atoms with Crippen LogP contribution in [0.4, 0.5) is 0 Å². The Bertz CT molecular complexity index is 999. The Morgan fingerprint density at radius 2 is 0.692 bits per heavy atom. The SMILES string of the molecule is CC(C)(C)O[Si](OC(C)(C)C)(OC(C)(C)C)[O][Zr]([O]c1ccccc1)([O]c1ccccc1)[O]c1ccccc1. The van der Waals surface area contributed by atoms with E-state index in [-0.39, 0.29) is 0 Å². The molecule has 212 valence electrons. The van der Waals surface area contributed by atoms with Crippen molar-refractivity contribution < 1.29 is 46.2 Å². The van der Waals surface area contributed by atoms with Crippen LogP contribution in [0.1, 0.15) is 62.3 Å². The third kappa shape index (κ3) is 11.2. The topological polar surface area (TPSA) is 64.6 Å². The summed E-state index contributed by atoms with van der Waals surface area (Å²) in [5.74, 6) is 1.60. The van der Waals surface area contributed by atoms with E-state index in [0.29, 0.717) is 17.2 Å². The van der Waals surface area contributed by atoms with E-state index in [1.165, 1.54) is 0 Å². The molecule has 0 aliphatic heterocycles. The van der Waals surface area contributed by atoms with Crippen LogP contribution in [0.5, 0.6) is 17.2 Å². The molecule has 0 aliphatic rings. The van der Waals surface area contributed by atoms with E-state index < -0.39 is 47.9 Å². The summed E-state index contributed by atoms with van der Waals surface area (Å²) >= 11 is -5.32. The molecule has 0 radical (unpaired) electrons. The zero-order chi connectivity index (χ0) is 28.8. The first kappa shape index (κ1) is 31.5. The molecule has 0 saturated heterocycles. The first-order chi connectivity index (χ1) is 18.1. The van der Waals surface area contributed by atoms with Crippen LogP contribution < -0.4 is 8.44 Å². The van der Waals surface area contributed by atoms with Crippen LogP contribution in [-0.2, 0) is 37.8 Å². The van der Waals surface area contributed by atoms with Crippen LogP contribution in [0.15, 0.2) is 91.0 Å². The van der Waals surface area contributed by atoms with E-state index in [4.69, 9.17) is 24.2 Å². The molecule has 0 N–H and O–H groups in total. The second kappa shape index (κ2) is 12.7. The molecule has 0 spiro atoms. The molecule has 3 aromatic carbocycles. The second-order valence-electron chi connectivity index (χ2n) is 12.0. The van der Waals surface area contributed by atoms with E-state index in [9.17, 15) is 0 Å². The molecule has 0 unspecified atom stereocenters. The predicted octanol–water partition coefficient (Wildman–Crippen LogP) is 7.93. The van der Waals surface area contributed by atoms with Crippen molar-refractivity contribution in [2.45, 2.75) is 79.1 Å². The molecule has 0 fully saturated rings. The average Bonchev–Trinajstić information content (AvgIpc) is 2.77. The van der Waals surface area contributed by atoms with Gasteiger partial charge < -0.3 is 0 Å². The van der Waals surface area contributed by atoms with Crippen LogP contribution in [-0.4, -0.2) is 25.9 Å². The van der Waals surface area contributed by atoms with Crippen LogP contribution in [0.2, 0.25) is 0 Å². The van der Waals surface area contributed by atoms with Gasteiger partial charge in [0.1, 0.15) is 0 Å². The molecule has 0 atom stereocenters. The van der Waals surface area contributed by atoms with Crippen LogP contribution >= 0.6 is 0 Å².